The zero-order valence-electron chi connectivity index (χ0n) is 10.6. The van der Waals surface area contributed by atoms with E-state index < -0.39 is 15.1 Å². The highest BCUT2D eigenvalue weighted by molar-refractivity contribution is 7.90. The van der Waals surface area contributed by atoms with Crippen LogP contribution in [-0.2, 0) is 9.84 Å². The first-order chi connectivity index (χ1) is 8.38. The molecule has 2 N–H and O–H groups in total. The van der Waals surface area contributed by atoms with Gasteiger partial charge in [0.15, 0.2) is 15.7 Å². The number of nitrogens with two attached hydrogens (primary N) is 1. The molecule has 0 spiro atoms. The van der Waals surface area contributed by atoms with Crippen LogP contribution in [0.1, 0.15) is 55.4 Å². The molecule has 0 aliphatic heterocycles. The van der Waals surface area contributed by atoms with Gasteiger partial charge in [-0.05, 0) is 19.8 Å². The average molecular weight is 270 g/mol. The summed E-state index contributed by atoms with van der Waals surface area (Å²) in [5.74, 6) is 1.30. The molecular formula is C11H18N4O2S. The summed E-state index contributed by atoms with van der Waals surface area (Å²) >= 11 is 0. The van der Waals surface area contributed by atoms with E-state index in [1.54, 1.807) is 6.92 Å². The molecule has 18 heavy (non-hydrogen) atoms. The van der Waals surface area contributed by atoms with Crippen molar-refractivity contribution in [3.8, 4) is 0 Å². The Labute approximate surface area is 107 Å². The van der Waals surface area contributed by atoms with Crippen molar-refractivity contribution in [1.82, 2.24) is 15.0 Å². The van der Waals surface area contributed by atoms with Crippen molar-refractivity contribution in [2.75, 3.05) is 12.0 Å². The fourth-order valence-electron chi connectivity index (χ4n) is 2.17. The van der Waals surface area contributed by atoms with E-state index in [0.717, 1.165) is 25.7 Å². The van der Waals surface area contributed by atoms with Gasteiger partial charge in [0.2, 0.25) is 5.95 Å². The number of aromatic nitrogens is 3. The molecule has 2 rings (SSSR count). The molecule has 1 unspecified atom stereocenters. The molecule has 7 heteroatoms. The Morgan fingerprint density at radius 1 is 1.22 bits per heavy atom. The fourth-order valence-corrected chi connectivity index (χ4v) is 2.66. The van der Waals surface area contributed by atoms with E-state index in [-0.39, 0.29) is 11.8 Å². The largest absolute Gasteiger partial charge is 0.368 e. The maximum Gasteiger partial charge on any atom is 0.223 e. The summed E-state index contributed by atoms with van der Waals surface area (Å²) in [5.41, 5.74) is 5.65. The van der Waals surface area contributed by atoms with E-state index >= 15 is 0 Å². The van der Waals surface area contributed by atoms with E-state index in [2.05, 4.69) is 15.0 Å². The number of sulfone groups is 1. The molecule has 0 radical (unpaired) electrons. The molecule has 0 saturated heterocycles. The van der Waals surface area contributed by atoms with Crippen LogP contribution in [0.15, 0.2) is 0 Å². The third-order valence-corrected chi connectivity index (χ3v) is 4.91. The number of nitrogen functional groups attached to an aromatic ring is 1. The van der Waals surface area contributed by atoms with Gasteiger partial charge in [-0.15, -0.1) is 0 Å². The second-order valence-corrected chi connectivity index (χ2v) is 7.23. The molecule has 1 aliphatic rings. The van der Waals surface area contributed by atoms with E-state index in [1.807, 2.05) is 0 Å². The Hall–Kier alpha value is -1.24. The lowest BCUT2D eigenvalue weighted by molar-refractivity contribution is 0.586. The van der Waals surface area contributed by atoms with Crippen molar-refractivity contribution in [2.45, 2.75) is 43.8 Å². The molecule has 1 aromatic heterocycles. The van der Waals surface area contributed by atoms with Crippen molar-refractivity contribution >= 4 is 15.8 Å². The maximum atomic E-state index is 11.5. The van der Waals surface area contributed by atoms with Crippen molar-refractivity contribution in [3.05, 3.63) is 11.6 Å². The minimum absolute atomic E-state index is 0.109. The van der Waals surface area contributed by atoms with Gasteiger partial charge in [0.25, 0.3) is 0 Å². The zero-order chi connectivity index (χ0) is 13.3. The van der Waals surface area contributed by atoms with Gasteiger partial charge in [-0.1, -0.05) is 12.8 Å². The summed E-state index contributed by atoms with van der Waals surface area (Å²) in [5, 5.41) is -0.747. The lowest BCUT2D eigenvalue weighted by Crippen LogP contribution is -2.16. The Morgan fingerprint density at radius 3 is 2.39 bits per heavy atom. The van der Waals surface area contributed by atoms with Crippen LogP contribution in [0.4, 0.5) is 5.95 Å². The third-order valence-electron chi connectivity index (χ3n) is 3.41. The van der Waals surface area contributed by atoms with Crippen LogP contribution < -0.4 is 5.73 Å². The third kappa shape index (κ3) is 2.77. The summed E-state index contributed by atoms with van der Waals surface area (Å²) in [7, 11) is -3.22. The van der Waals surface area contributed by atoms with Crippen molar-refractivity contribution in [2.24, 2.45) is 0 Å². The number of rotatable bonds is 3. The number of hydrogen-bond acceptors (Lipinski definition) is 6. The first-order valence-electron chi connectivity index (χ1n) is 6.08. The monoisotopic (exact) mass is 270 g/mol. The molecule has 1 atom stereocenters. The first kappa shape index (κ1) is 13.2. The second-order valence-electron chi connectivity index (χ2n) is 4.86. The Balaban J connectivity index is 2.37. The van der Waals surface area contributed by atoms with E-state index in [0.29, 0.717) is 11.7 Å². The van der Waals surface area contributed by atoms with Gasteiger partial charge in [0.05, 0.1) is 0 Å². The standard InChI is InChI=1S/C11H18N4O2S/c1-7(18(2,16)17)9-13-10(15-11(12)14-9)8-5-3-4-6-8/h7-8H,3-6H2,1-2H3,(H2,12,13,14,15). The minimum atomic E-state index is -3.22. The molecule has 1 fully saturated rings. The van der Waals surface area contributed by atoms with E-state index in [1.165, 1.54) is 6.26 Å². The van der Waals surface area contributed by atoms with Gasteiger partial charge in [-0.2, -0.15) is 9.97 Å². The molecule has 1 aromatic rings. The lowest BCUT2D eigenvalue weighted by atomic mass is 10.1. The first-order valence-corrected chi connectivity index (χ1v) is 8.03. The quantitative estimate of drug-likeness (QED) is 0.886. The van der Waals surface area contributed by atoms with Crippen molar-refractivity contribution < 1.29 is 8.42 Å². The van der Waals surface area contributed by atoms with Crippen LogP contribution in [0.25, 0.3) is 0 Å². The summed E-state index contributed by atoms with van der Waals surface area (Å²) in [6.45, 7) is 1.57. The van der Waals surface area contributed by atoms with Crippen LogP contribution >= 0.6 is 0 Å². The van der Waals surface area contributed by atoms with Crippen LogP contribution in [-0.4, -0.2) is 29.6 Å². The summed E-state index contributed by atoms with van der Waals surface area (Å²) < 4.78 is 23.1. The molecule has 1 saturated carbocycles. The number of hydrogen-bond donors (Lipinski definition) is 1. The second kappa shape index (κ2) is 4.79. The summed E-state index contributed by atoms with van der Waals surface area (Å²) in [4.78, 5) is 12.4. The number of nitrogens with zero attached hydrogens (tertiary/aromatic N) is 3. The molecule has 0 amide bonds. The normalized spacial score (nSPS) is 19.0. The minimum Gasteiger partial charge on any atom is -0.368 e. The maximum absolute atomic E-state index is 11.5. The molecule has 1 aliphatic carbocycles. The van der Waals surface area contributed by atoms with Crippen LogP contribution in [0.2, 0.25) is 0 Å². The summed E-state index contributed by atoms with van der Waals surface area (Å²) in [6, 6.07) is 0. The summed E-state index contributed by atoms with van der Waals surface area (Å²) in [6.07, 6.45) is 5.57. The van der Waals surface area contributed by atoms with Gasteiger partial charge in [0.1, 0.15) is 11.1 Å². The van der Waals surface area contributed by atoms with Gasteiger partial charge in [-0.25, -0.2) is 13.4 Å². The SMILES string of the molecule is CC(c1nc(N)nc(C2CCCC2)n1)S(C)(=O)=O. The predicted octanol–water partition coefficient (Wildman–Crippen LogP) is 1.22. The predicted molar refractivity (Wildman–Crippen MR) is 68.7 cm³/mol. The van der Waals surface area contributed by atoms with Crippen LogP contribution in [0.3, 0.4) is 0 Å². The molecule has 0 aromatic carbocycles. The molecule has 100 valence electrons. The lowest BCUT2D eigenvalue weighted by Gasteiger charge is -2.12. The van der Waals surface area contributed by atoms with Crippen LogP contribution in [0, 0.1) is 0 Å². The van der Waals surface area contributed by atoms with E-state index in [9.17, 15) is 8.42 Å². The van der Waals surface area contributed by atoms with Gasteiger partial charge < -0.3 is 5.73 Å². The van der Waals surface area contributed by atoms with E-state index in [4.69, 9.17) is 5.73 Å². The Bertz CT molecular complexity index is 538. The highest BCUT2D eigenvalue weighted by atomic mass is 32.2. The molecular weight excluding hydrogens is 252 g/mol. The van der Waals surface area contributed by atoms with Crippen molar-refractivity contribution in [1.29, 1.82) is 0 Å². The van der Waals surface area contributed by atoms with Gasteiger partial charge in [-0.3, -0.25) is 0 Å². The molecule has 6 nitrogen and oxygen atoms in total. The Morgan fingerprint density at radius 2 is 1.83 bits per heavy atom. The molecule has 1 heterocycles. The van der Waals surface area contributed by atoms with Crippen LogP contribution in [0.5, 0.6) is 0 Å². The topological polar surface area (TPSA) is 98.8 Å². The highest BCUT2D eigenvalue weighted by Gasteiger charge is 2.25. The fraction of sp³-hybridized carbons (Fsp3) is 0.727. The van der Waals surface area contributed by atoms with Crippen molar-refractivity contribution in [3.63, 3.8) is 0 Å². The molecule has 0 bridgehead atoms. The zero-order valence-corrected chi connectivity index (χ0v) is 11.4. The number of anilines is 1. The average Bonchev–Trinajstić information content (AvgIpc) is 2.79. The highest BCUT2D eigenvalue weighted by Crippen LogP contribution is 2.32. The van der Waals surface area contributed by atoms with Gasteiger partial charge >= 0.3 is 0 Å². The Kier molecular flexibility index (Phi) is 3.52. The van der Waals surface area contributed by atoms with Gasteiger partial charge in [0, 0.05) is 12.2 Å². The smallest absolute Gasteiger partial charge is 0.223 e.